The number of fused-ring (bicyclic) bond motifs is 15. The van der Waals surface area contributed by atoms with E-state index in [1.807, 2.05) is 74.5 Å². The summed E-state index contributed by atoms with van der Waals surface area (Å²) < 4.78 is 51.5. The fourth-order valence-electron chi connectivity index (χ4n) is 16.2. The van der Waals surface area contributed by atoms with Gasteiger partial charge in [-0.15, -0.1) is 0 Å². The molecule has 24 N–H and O–H groups in total. The molecule has 38 nitrogen and oxygen atoms in total. The molecule has 7 amide bonds. The van der Waals surface area contributed by atoms with Crippen molar-refractivity contribution in [2.24, 2.45) is 17.4 Å². The first-order valence-electron chi connectivity index (χ1n) is 40.3. The minimum absolute atomic E-state index is 0.129. The van der Waals surface area contributed by atoms with Crippen molar-refractivity contribution in [3.8, 4) is 57.1 Å². The number of aliphatic carboxylic acids is 1. The monoisotopic (exact) mass is 1790 g/mol. The lowest BCUT2D eigenvalue weighted by atomic mass is 9.86. The van der Waals surface area contributed by atoms with Gasteiger partial charge in [0.05, 0.1) is 41.3 Å². The highest BCUT2D eigenvalue weighted by atomic mass is 35.5. The third-order valence-corrected chi connectivity index (χ3v) is 23.4. The molecule has 40 heteroatoms. The molecule has 126 heavy (non-hydrogen) atoms. The van der Waals surface area contributed by atoms with Crippen molar-refractivity contribution in [3.05, 3.63) is 189 Å². The van der Waals surface area contributed by atoms with Crippen molar-refractivity contribution in [1.82, 2.24) is 42.5 Å². The van der Waals surface area contributed by atoms with Gasteiger partial charge in [-0.2, -0.15) is 0 Å². The maximum absolute atomic E-state index is 16.5. The van der Waals surface area contributed by atoms with E-state index in [9.17, 15) is 75.7 Å². The number of ether oxygens (including phenoxy) is 8. The maximum atomic E-state index is 16.5. The molecule has 674 valence electrons. The second-order valence-electron chi connectivity index (χ2n) is 32.4. The van der Waals surface area contributed by atoms with Crippen molar-refractivity contribution in [1.29, 1.82) is 0 Å². The van der Waals surface area contributed by atoms with Gasteiger partial charge in [-0.3, -0.25) is 33.6 Å². The van der Waals surface area contributed by atoms with Crippen LogP contribution in [0.2, 0.25) is 10.0 Å². The summed E-state index contributed by atoms with van der Waals surface area (Å²) in [5.41, 5.74) is 9.91. The Hall–Kier alpha value is -11.0. The number of hydrogen-bond acceptors (Lipinski definition) is 30. The maximum Gasteiger partial charge on any atom is 0.330 e. The molecule has 0 radical (unpaired) electrons. The number of phenols is 3. The van der Waals surface area contributed by atoms with Crippen molar-refractivity contribution < 1.29 is 138 Å². The highest BCUT2D eigenvalue weighted by Gasteiger charge is 2.53. The lowest BCUT2D eigenvalue weighted by Crippen LogP contribution is -2.65. The van der Waals surface area contributed by atoms with E-state index >= 15 is 24.0 Å². The van der Waals surface area contributed by atoms with Crippen LogP contribution in [0.25, 0.3) is 11.1 Å². The van der Waals surface area contributed by atoms with Gasteiger partial charge in [0.1, 0.15) is 120 Å². The van der Waals surface area contributed by atoms with Crippen LogP contribution in [0.4, 0.5) is 0 Å². The van der Waals surface area contributed by atoms with E-state index in [1.165, 1.54) is 33.0 Å². The van der Waals surface area contributed by atoms with Gasteiger partial charge >= 0.3 is 5.97 Å². The standard InChI is InChI=1S/C86H98Cl2N10O28/c1-35(2)22-49(91-5)77(111)97-65-67(104)40-17-20-53(47(87)24-40)120-55-26-42-27-56(74(55)125-85-72(109)70(107)75(58(34-99)123-85)126-84-71(108)69(106)68(105)57(122-84)33-92-32-46(37-12-8-6-9-13-37)38-14-10-7-11-15-38)121-54-21-18-41(25-48(54)88)73(124-60-31-86(4,90)76(110)36(3)119-60)66-82(116)96-64(83(117)118)45-28-43(100)29-52(102)61(45)44-23-39(16-19-51(44)101)62(79(113)98-66)95-80(114)63(42)94-78(112)50(30-59(89)103)93-81(65)115/h6-21,23-29,35-36,46,49-50,57-58,60,62-73,75-76,84-85,91-92,99-102,104-110H,22,30-34,90H2,1-5H3,(H2,89,103)(H,93,115)(H,94,112)(H,95,114)(H,96,116)(H,97,111)(H,98,113)(H,117,118)/t36-,49+,50?,57+,58+,60-,62+,63+,64?,65?,66-,67+,68-,69-,70+,71+,72+,73+,75+,76-,84-,85-,86-/m0/s1. The first-order chi connectivity index (χ1) is 59.9. The Kier molecular flexibility index (Phi) is 28.8. The minimum Gasteiger partial charge on any atom is -0.508 e. The molecule has 3 fully saturated rings. The molecule has 11 bridgehead atoms. The van der Waals surface area contributed by atoms with E-state index < -0.39 is 279 Å². The van der Waals surface area contributed by atoms with Crippen LogP contribution in [0.1, 0.15) is 122 Å². The lowest BCUT2D eigenvalue weighted by molar-refractivity contribution is -0.350. The Morgan fingerprint density at radius 1 is 0.627 bits per heavy atom. The third-order valence-electron chi connectivity index (χ3n) is 22.8. The SMILES string of the molecule is CN[C@H](CC(C)C)C(=O)NC1C(=O)NC(CC(N)=O)C(=O)N[C@H]2C(=O)N[C@H]3C(=O)N[C@H](C(=O)NC(C(=O)O)c4cc(O)cc(O)c4-c4cc3ccc4O)[C@H](O[C@H]3C[C@](C)(N)[C@@H](O)[C@H](C)O3)c3ccc(c(Cl)c3)Oc3cc2cc(c3O[C@@H]2O[C@H](CO)[C@@H](O[C@@H]3O[C@H](CNCC(c4ccccc4)c4ccccc4)[C@H](O)[C@H](O)[C@H]3O)[C@H](O)[C@H]2O)Oc2ccc(cc2Cl)[C@H]1O. The van der Waals surface area contributed by atoms with E-state index in [0.717, 1.165) is 77.9 Å². The number of rotatable bonds is 21. The van der Waals surface area contributed by atoms with Gasteiger partial charge in [0, 0.05) is 53.7 Å². The van der Waals surface area contributed by atoms with E-state index in [-0.39, 0.29) is 54.5 Å². The van der Waals surface area contributed by atoms with Gasteiger partial charge in [-0.25, -0.2) is 4.79 Å². The second kappa shape index (κ2) is 39.1. The number of phenolic OH excluding ortho intramolecular Hbond substituents is 3. The van der Waals surface area contributed by atoms with Crippen LogP contribution in [-0.2, 0) is 62.0 Å². The Bertz CT molecular complexity index is 5160. The number of aliphatic hydroxyl groups excluding tert-OH is 8. The average molecular weight is 1790 g/mol. The minimum atomic E-state index is -2.42. The van der Waals surface area contributed by atoms with Crippen molar-refractivity contribution >= 4 is 70.5 Å². The van der Waals surface area contributed by atoms with Crippen LogP contribution in [0.15, 0.2) is 140 Å². The summed E-state index contributed by atoms with van der Waals surface area (Å²) in [6.45, 7) is 5.54. The van der Waals surface area contributed by atoms with Gasteiger partial charge in [-0.1, -0.05) is 116 Å². The normalized spacial score (nSPS) is 29.6. The van der Waals surface area contributed by atoms with Gasteiger partial charge in [0.2, 0.25) is 53.4 Å². The Morgan fingerprint density at radius 3 is 1.83 bits per heavy atom. The summed E-state index contributed by atoms with van der Waals surface area (Å²) in [5.74, 6) is -16.8. The van der Waals surface area contributed by atoms with Gasteiger partial charge in [0.25, 0.3) is 0 Å². The number of halogens is 2. The van der Waals surface area contributed by atoms with Gasteiger partial charge in [0.15, 0.2) is 30.1 Å². The van der Waals surface area contributed by atoms with Crippen LogP contribution in [0.3, 0.4) is 0 Å². The average Bonchev–Trinajstić information content (AvgIpc) is 0.818. The molecule has 3 unspecified atom stereocenters. The molecule has 8 aliphatic heterocycles. The van der Waals surface area contributed by atoms with Crippen molar-refractivity contribution in [2.75, 3.05) is 26.7 Å². The fraction of sp³-hybridized carbons (Fsp3) is 0.419. The molecule has 0 spiro atoms. The molecule has 3 saturated heterocycles. The number of benzene rings is 7. The number of carboxylic acid groups (broad SMARTS) is 1. The molecule has 8 aliphatic rings. The summed E-state index contributed by atoms with van der Waals surface area (Å²) in [6.07, 6.45) is -29.1. The first kappa shape index (κ1) is 92.7. The predicted octanol–water partition coefficient (Wildman–Crippen LogP) is 1.36. The zero-order chi connectivity index (χ0) is 90.8. The summed E-state index contributed by atoms with van der Waals surface area (Å²) in [7, 11) is 1.46. The molecule has 8 heterocycles. The number of carbonyl (C=O) groups is 8. The number of likely N-dealkylation sites (N-methyl/N-ethyl adjacent to an activating group) is 1. The van der Waals surface area contributed by atoms with Crippen LogP contribution in [0, 0.1) is 5.92 Å². The van der Waals surface area contributed by atoms with E-state index in [0.29, 0.717) is 0 Å². The number of primary amides is 1. The first-order valence-corrected chi connectivity index (χ1v) is 41.1. The van der Waals surface area contributed by atoms with Crippen LogP contribution >= 0.6 is 23.2 Å². The lowest BCUT2D eigenvalue weighted by Gasteiger charge is -2.46. The highest BCUT2D eigenvalue weighted by molar-refractivity contribution is 6.32. The molecule has 0 saturated carbocycles. The summed E-state index contributed by atoms with van der Waals surface area (Å²) in [5, 5.41) is 160. The topological polar surface area (TPSA) is 601 Å². The number of nitrogens with one attached hydrogen (secondary N) is 8. The largest absolute Gasteiger partial charge is 0.508 e. The van der Waals surface area contributed by atoms with Crippen LogP contribution in [-0.4, -0.2) is 245 Å². The number of nitrogens with two attached hydrogens (primary N) is 2. The summed E-state index contributed by atoms with van der Waals surface area (Å²) in [4.78, 5) is 120. The molecule has 23 atom stereocenters. The zero-order valence-electron chi connectivity index (χ0n) is 68.2. The molecule has 7 aromatic carbocycles. The number of aliphatic hydroxyl groups is 8. The van der Waals surface area contributed by atoms with Gasteiger partial charge < -0.3 is 153 Å². The summed E-state index contributed by atoms with van der Waals surface area (Å²) >= 11 is 14.5. The van der Waals surface area contributed by atoms with Crippen molar-refractivity contribution in [2.45, 2.75) is 193 Å². The zero-order valence-corrected chi connectivity index (χ0v) is 69.7. The smallest absolute Gasteiger partial charge is 0.330 e. The van der Waals surface area contributed by atoms with Crippen LogP contribution < -0.4 is 68.2 Å². The van der Waals surface area contributed by atoms with E-state index in [1.54, 1.807) is 0 Å². The number of carboxylic acids is 1. The van der Waals surface area contributed by atoms with Crippen molar-refractivity contribution in [3.63, 3.8) is 0 Å². The molecule has 15 rings (SSSR count). The number of amides is 7. The third kappa shape index (κ3) is 20.2. The molecule has 0 aromatic heterocycles. The number of carbonyl (C=O) groups excluding carboxylic acids is 7. The Morgan fingerprint density at radius 2 is 1.22 bits per heavy atom. The Labute approximate surface area is 729 Å². The molecule has 7 aromatic rings. The van der Waals surface area contributed by atoms with E-state index in [2.05, 4.69) is 42.5 Å². The summed E-state index contributed by atoms with van der Waals surface area (Å²) in [6, 6.07) is 18.1. The molecular weight excluding hydrogens is 1690 g/mol. The molecule has 0 aliphatic carbocycles. The fourth-order valence-corrected chi connectivity index (χ4v) is 16.6. The molecular formula is C86H98Cl2N10O28. The number of hydrogen-bond donors (Lipinski definition) is 22. The highest BCUT2D eigenvalue weighted by Crippen LogP contribution is 2.50. The predicted molar refractivity (Wildman–Crippen MR) is 442 cm³/mol. The Balaban J connectivity index is 0.972. The van der Waals surface area contributed by atoms with Gasteiger partial charge in [-0.05, 0) is 121 Å². The van der Waals surface area contributed by atoms with Crippen LogP contribution in [0.5, 0.6) is 46.0 Å². The number of aromatic hydroxyl groups is 3. The second-order valence-corrected chi connectivity index (χ2v) is 33.2. The quantitative estimate of drug-likeness (QED) is 0.0483. The van der Waals surface area contributed by atoms with E-state index in [4.69, 9.17) is 72.6 Å².